The molecule has 1 heterocycles. The van der Waals surface area contributed by atoms with Crippen LogP contribution in [0.4, 0.5) is 0 Å². The van der Waals surface area contributed by atoms with E-state index in [1.165, 1.54) is 4.57 Å². The first-order valence-corrected chi connectivity index (χ1v) is 4.69. The maximum Gasteiger partial charge on any atom is 0.419 e. The zero-order chi connectivity index (χ0) is 11.7. The van der Waals surface area contributed by atoms with Crippen LogP contribution in [0.2, 0.25) is 0 Å². The van der Waals surface area contributed by atoms with Crippen molar-refractivity contribution in [1.82, 2.24) is 9.99 Å². The summed E-state index contributed by atoms with van der Waals surface area (Å²) in [7, 11) is 1.61. The molecule has 2 rings (SSSR count). The van der Waals surface area contributed by atoms with Gasteiger partial charge in [0.1, 0.15) is 0 Å². The number of fused-ring (bicyclic) bond motifs is 1. The highest BCUT2D eigenvalue weighted by Crippen LogP contribution is 2.14. The van der Waals surface area contributed by atoms with Gasteiger partial charge in [-0.2, -0.15) is 0 Å². The molecule has 6 heteroatoms. The number of nitrogens with two attached hydrogens (primary N) is 1. The Morgan fingerprint density at radius 2 is 2.31 bits per heavy atom. The second-order valence-corrected chi connectivity index (χ2v) is 3.47. The lowest BCUT2D eigenvalue weighted by Crippen LogP contribution is -2.31. The molecule has 0 spiro atoms. The van der Waals surface area contributed by atoms with Crippen molar-refractivity contribution in [3.8, 4) is 0 Å². The molecule has 0 aliphatic heterocycles. The highest BCUT2D eigenvalue weighted by molar-refractivity contribution is 5.80. The molecule has 0 saturated heterocycles. The predicted molar refractivity (Wildman–Crippen MR) is 57.5 cm³/mol. The monoisotopic (exact) mass is 221 g/mol. The molecule has 0 aliphatic carbocycles. The van der Waals surface area contributed by atoms with Crippen molar-refractivity contribution in [2.75, 3.05) is 0 Å². The van der Waals surface area contributed by atoms with Crippen molar-refractivity contribution in [2.45, 2.75) is 6.42 Å². The minimum atomic E-state index is -0.421. The Morgan fingerprint density at radius 1 is 1.56 bits per heavy atom. The Kier molecular flexibility index (Phi) is 2.49. The van der Waals surface area contributed by atoms with Crippen molar-refractivity contribution in [2.24, 2.45) is 12.9 Å². The summed E-state index contributed by atoms with van der Waals surface area (Å²) in [5.41, 5.74) is 3.98. The normalized spacial score (nSPS) is 10.6. The number of nitrogens with zero attached hydrogens (tertiary/aromatic N) is 1. The Hall–Kier alpha value is -2.08. The SMILES string of the molecule is Cn1c(=O)oc2ccc(CC(=O)NN)cc21. The zero-order valence-electron chi connectivity index (χ0n) is 8.69. The van der Waals surface area contributed by atoms with Crippen LogP contribution in [0.3, 0.4) is 0 Å². The molecule has 0 aliphatic rings. The number of hydrogen-bond acceptors (Lipinski definition) is 4. The summed E-state index contributed by atoms with van der Waals surface area (Å²) in [6.45, 7) is 0. The van der Waals surface area contributed by atoms with Crippen molar-refractivity contribution in [3.63, 3.8) is 0 Å². The second-order valence-electron chi connectivity index (χ2n) is 3.47. The number of aryl methyl sites for hydroxylation is 1. The molecule has 0 radical (unpaired) electrons. The van der Waals surface area contributed by atoms with Gasteiger partial charge in [0.2, 0.25) is 5.91 Å². The third-order valence-electron chi connectivity index (χ3n) is 2.38. The van der Waals surface area contributed by atoms with Crippen LogP contribution >= 0.6 is 0 Å². The predicted octanol–water partition coefficient (Wildman–Crippen LogP) is -0.336. The van der Waals surface area contributed by atoms with Gasteiger partial charge in [-0.25, -0.2) is 10.6 Å². The van der Waals surface area contributed by atoms with Crippen LogP contribution in [-0.2, 0) is 18.3 Å². The van der Waals surface area contributed by atoms with E-state index in [0.717, 1.165) is 5.56 Å². The summed E-state index contributed by atoms with van der Waals surface area (Å²) in [4.78, 5) is 22.3. The van der Waals surface area contributed by atoms with Gasteiger partial charge in [-0.3, -0.25) is 14.8 Å². The highest BCUT2D eigenvalue weighted by atomic mass is 16.4. The number of oxazole rings is 1. The van der Waals surface area contributed by atoms with Crippen LogP contribution in [-0.4, -0.2) is 10.5 Å². The van der Waals surface area contributed by atoms with Gasteiger partial charge in [0.05, 0.1) is 11.9 Å². The largest absolute Gasteiger partial charge is 0.419 e. The number of benzene rings is 1. The Labute approximate surface area is 90.6 Å². The molecule has 0 saturated carbocycles. The fourth-order valence-electron chi connectivity index (χ4n) is 1.52. The molecule has 2 aromatic rings. The number of nitrogens with one attached hydrogen (secondary N) is 1. The fraction of sp³-hybridized carbons (Fsp3) is 0.200. The molecule has 6 nitrogen and oxygen atoms in total. The average Bonchev–Trinajstić information content (AvgIpc) is 2.55. The van der Waals surface area contributed by atoms with Crippen molar-refractivity contribution < 1.29 is 9.21 Å². The van der Waals surface area contributed by atoms with E-state index in [-0.39, 0.29) is 12.3 Å². The van der Waals surface area contributed by atoms with Crippen LogP contribution in [0.15, 0.2) is 27.4 Å². The van der Waals surface area contributed by atoms with E-state index in [1.807, 2.05) is 0 Å². The summed E-state index contributed by atoms with van der Waals surface area (Å²) in [5, 5.41) is 0. The van der Waals surface area contributed by atoms with Crippen LogP contribution in [0.1, 0.15) is 5.56 Å². The lowest BCUT2D eigenvalue weighted by Gasteiger charge is -2.00. The maximum absolute atomic E-state index is 11.2. The van der Waals surface area contributed by atoms with E-state index in [1.54, 1.807) is 25.2 Å². The van der Waals surface area contributed by atoms with Gasteiger partial charge in [-0.1, -0.05) is 6.07 Å². The molecular weight excluding hydrogens is 210 g/mol. The number of carbonyl (C=O) groups excluding carboxylic acids is 1. The Bertz CT molecular complexity index is 597. The first kappa shape index (κ1) is 10.4. The Balaban J connectivity index is 2.47. The summed E-state index contributed by atoms with van der Waals surface area (Å²) in [5.74, 6) is 4.29. The van der Waals surface area contributed by atoms with E-state index in [0.29, 0.717) is 11.1 Å². The first-order valence-electron chi connectivity index (χ1n) is 4.69. The second kappa shape index (κ2) is 3.82. The molecule has 0 bridgehead atoms. The number of rotatable bonds is 2. The van der Waals surface area contributed by atoms with Crippen molar-refractivity contribution in [3.05, 3.63) is 34.3 Å². The average molecular weight is 221 g/mol. The molecule has 1 amide bonds. The molecule has 3 N–H and O–H groups in total. The van der Waals surface area contributed by atoms with E-state index in [9.17, 15) is 9.59 Å². The van der Waals surface area contributed by atoms with Gasteiger partial charge >= 0.3 is 5.76 Å². The molecule has 1 aromatic carbocycles. The lowest BCUT2D eigenvalue weighted by atomic mass is 10.1. The fourth-order valence-corrected chi connectivity index (χ4v) is 1.52. The van der Waals surface area contributed by atoms with Gasteiger partial charge in [0.15, 0.2) is 5.58 Å². The summed E-state index contributed by atoms with van der Waals surface area (Å²) < 4.78 is 6.36. The number of carbonyl (C=O) groups is 1. The smallest absolute Gasteiger partial charge is 0.408 e. The van der Waals surface area contributed by atoms with Crippen LogP contribution in [0.5, 0.6) is 0 Å². The van der Waals surface area contributed by atoms with E-state index in [4.69, 9.17) is 10.3 Å². The molecule has 0 fully saturated rings. The molecule has 0 atom stereocenters. The number of amides is 1. The summed E-state index contributed by atoms with van der Waals surface area (Å²) >= 11 is 0. The zero-order valence-corrected chi connectivity index (χ0v) is 8.69. The number of aromatic nitrogens is 1. The third-order valence-corrected chi connectivity index (χ3v) is 2.38. The maximum atomic E-state index is 11.2. The van der Waals surface area contributed by atoms with E-state index < -0.39 is 5.76 Å². The Morgan fingerprint density at radius 3 is 3.00 bits per heavy atom. The van der Waals surface area contributed by atoms with E-state index in [2.05, 4.69) is 5.43 Å². The van der Waals surface area contributed by atoms with Crippen LogP contribution in [0, 0.1) is 0 Å². The molecule has 1 aromatic heterocycles. The minimum absolute atomic E-state index is 0.172. The van der Waals surface area contributed by atoms with Crippen LogP contribution in [0.25, 0.3) is 11.1 Å². The van der Waals surface area contributed by atoms with Crippen LogP contribution < -0.4 is 17.0 Å². The lowest BCUT2D eigenvalue weighted by molar-refractivity contribution is -0.120. The molecule has 0 unspecified atom stereocenters. The summed E-state index contributed by atoms with van der Waals surface area (Å²) in [6.07, 6.45) is 0.172. The topological polar surface area (TPSA) is 90.3 Å². The number of hydrazine groups is 1. The van der Waals surface area contributed by atoms with Gasteiger partial charge in [-0.05, 0) is 17.7 Å². The van der Waals surface area contributed by atoms with E-state index >= 15 is 0 Å². The van der Waals surface area contributed by atoms with Gasteiger partial charge in [-0.15, -0.1) is 0 Å². The minimum Gasteiger partial charge on any atom is -0.408 e. The van der Waals surface area contributed by atoms with Gasteiger partial charge in [0, 0.05) is 7.05 Å². The van der Waals surface area contributed by atoms with Crippen molar-refractivity contribution >= 4 is 17.0 Å². The molecular formula is C10H11N3O3. The van der Waals surface area contributed by atoms with Gasteiger partial charge in [0.25, 0.3) is 0 Å². The standard InChI is InChI=1S/C10H11N3O3/c1-13-7-4-6(5-9(14)12-11)2-3-8(7)16-10(13)15/h2-4H,5,11H2,1H3,(H,12,14). The number of hydrogen-bond donors (Lipinski definition) is 2. The van der Waals surface area contributed by atoms with Crippen molar-refractivity contribution in [1.29, 1.82) is 0 Å². The quantitative estimate of drug-likeness (QED) is 0.412. The third kappa shape index (κ3) is 1.70. The first-order chi connectivity index (χ1) is 7.61. The summed E-state index contributed by atoms with van der Waals surface area (Å²) in [6, 6.07) is 5.12. The van der Waals surface area contributed by atoms with Gasteiger partial charge < -0.3 is 4.42 Å². The highest BCUT2D eigenvalue weighted by Gasteiger charge is 2.08. The molecule has 16 heavy (non-hydrogen) atoms. The molecule has 84 valence electrons.